The van der Waals surface area contributed by atoms with E-state index in [1.54, 1.807) is 6.92 Å². The van der Waals surface area contributed by atoms with E-state index in [-0.39, 0.29) is 11.7 Å². The van der Waals surface area contributed by atoms with Crippen LogP contribution in [-0.4, -0.2) is 27.2 Å². The number of hydrogen-bond acceptors (Lipinski definition) is 4. The minimum Gasteiger partial charge on any atom is -0.355 e. The number of nitriles is 1. The lowest BCUT2D eigenvalue weighted by atomic mass is 10.3. The molecule has 0 spiro atoms. The Labute approximate surface area is 81.6 Å². The number of rotatable bonds is 3. The summed E-state index contributed by atoms with van der Waals surface area (Å²) in [6, 6.07) is 1.40. The van der Waals surface area contributed by atoms with Crippen LogP contribution in [0.1, 0.15) is 25.7 Å². The van der Waals surface area contributed by atoms with E-state index in [0.717, 1.165) is 0 Å². The first-order valence-corrected chi connectivity index (χ1v) is 4.28. The number of hydrogen-bond donors (Lipinski definition) is 1. The van der Waals surface area contributed by atoms with Gasteiger partial charge in [-0.15, -0.1) is 10.2 Å². The Hall–Kier alpha value is -1.90. The summed E-state index contributed by atoms with van der Waals surface area (Å²) in [6.07, 6.45) is 1.37. The van der Waals surface area contributed by atoms with E-state index in [1.807, 2.05) is 13.0 Å². The van der Waals surface area contributed by atoms with E-state index in [4.69, 9.17) is 5.26 Å². The molecule has 1 rings (SSSR count). The van der Waals surface area contributed by atoms with Gasteiger partial charge in [-0.05, 0) is 13.8 Å². The lowest BCUT2D eigenvalue weighted by Crippen LogP contribution is -2.31. The highest BCUT2D eigenvalue weighted by molar-refractivity contribution is 5.79. The van der Waals surface area contributed by atoms with Gasteiger partial charge in [0.15, 0.2) is 0 Å². The molecule has 1 aromatic rings. The van der Waals surface area contributed by atoms with Gasteiger partial charge in [-0.25, -0.2) is 0 Å². The minimum absolute atomic E-state index is 0.142. The highest BCUT2D eigenvalue weighted by Crippen LogP contribution is 2.06. The maximum absolute atomic E-state index is 11.4. The molecule has 14 heavy (non-hydrogen) atoms. The first-order valence-electron chi connectivity index (χ1n) is 4.28. The van der Waals surface area contributed by atoms with Gasteiger partial charge in [-0.1, -0.05) is 0 Å². The average Bonchev–Trinajstić information content (AvgIpc) is 2.64. The van der Waals surface area contributed by atoms with Crippen molar-refractivity contribution in [1.82, 2.24) is 20.1 Å². The van der Waals surface area contributed by atoms with Crippen molar-refractivity contribution in [3.63, 3.8) is 0 Å². The molecule has 0 aromatic carbocycles. The van der Waals surface area contributed by atoms with Gasteiger partial charge in [0.05, 0.1) is 0 Å². The summed E-state index contributed by atoms with van der Waals surface area (Å²) in [7, 11) is 0. The Balaban J connectivity index is 2.84. The number of nitrogens with zero attached hydrogens (tertiary/aromatic N) is 4. The van der Waals surface area contributed by atoms with Crippen molar-refractivity contribution in [2.24, 2.45) is 0 Å². The van der Waals surface area contributed by atoms with Gasteiger partial charge < -0.3 is 5.32 Å². The van der Waals surface area contributed by atoms with Crippen molar-refractivity contribution in [1.29, 1.82) is 5.26 Å². The van der Waals surface area contributed by atoms with Crippen molar-refractivity contribution < 1.29 is 4.79 Å². The Bertz CT molecular complexity index is 364. The van der Waals surface area contributed by atoms with Crippen molar-refractivity contribution in [2.75, 3.05) is 6.54 Å². The van der Waals surface area contributed by atoms with Gasteiger partial charge in [-0.3, -0.25) is 9.36 Å². The van der Waals surface area contributed by atoms with Crippen LogP contribution in [0.3, 0.4) is 0 Å². The first-order chi connectivity index (χ1) is 6.70. The first kappa shape index (κ1) is 10.2. The molecule has 0 saturated carbocycles. The van der Waals surface area contributed by atoms with E-state index in [9.17, 15) is 4.79 Å². The number of likely N-dealkylation sites (N-methyl/N-ethyl adjacent to an activating group) is 1. The molecule has 0 aliphatic rings. The summed E-state index contributed by atoms with van der Waals surface area (Å²) in [5.41, 5.74) is 0. The lowest BCUT2D eigenvalue weighted by molar-refractivity contribution is -0.123. The molecule has 6 heteroatoms. The molecule has 0 aliphatic heterocycles. The van der Waals surface area contributed by atoms with E-state index < -0.39 is 6.04 Å². The zero-order valence-electron chi connectivity index (χ0n) is 8.06. The summed E-state index contributed by atoms with van der Waals surface area (Å²) >= 11 is 0. The molecule has 1 N–H and O–H groups in total. The predicted molar refractivity (Wildman–Crippen MR) is 48.1 cm³/mol. The maximum Gasteiger partial charge on any atom is 0.242 e. The molecular formula is C8H11N5O. The minimum atomic E-state index is -0.459. The SMILES string of the molecule is CCNC(=O)C(C)n1cnnc1C#N. The number of carbonyl (C=O) groups is 1. The lowest BCUT2D eigenvalue weighted by Gasteiger charge is -2.11. The van der Waals surface area contributed by atoms with Crippen molar-refractivity contribution in [3.8, 4) is 6.07 Å². The van der Waals surface area contributed by atoms with E-state index in [0.29, 0.717) is 6.54 Å². The van der Waals surface area contributed by atoms with E-state index in [1.165, 1.54) is 10.9 Å². The van der Waals surface area contributed by atoms with Gasteiger partial charge >= 0.3 is 0 Å². The van der Waals surface area contributed by atoms with E-state index in [2.05, 4.69) is 15.5 Å². The van der Waals surface area contributed by atoms with Crippen LogP contribution in [0.25, 0.3) is 0 Å². The van der Waals surface area contributed by atoms with Gasteiger partial charge in [-0.2, -0.15) is 5.26 Å². The zero-order chi connectivity index (χ0) is 10.6. The van der Waals surface area contributed by atoms with Crippen molar-refractivity contribution in [3.05, 3.63) is 12.2 Å². The molecular weight excluding hydrogens is 182 g/mol. The van der Waals surface area contributed by atoms with Gasteiger partial charge in [0, 0.05) is 6.54 Å². The third kappa shape index (κ3) is 1.88. The highest BCUT2D eigenvalue weighted by Gasteiger charge is 2.17. The Morgan fingerprint density at radius 1 is 1.86 bits per heavy atom. The third-order valence-corrected chi connectivity index (χ3v) is 1.82. The fourth-order valence-electron chi connectivity index (χ4n) is 1.05. The van der Waals surface area contributed by atoms with Crippen LogP contribution in [0.4, 0.5) is 0 Å². The van der Waals surface area contributed by atoms with Crippen molar-refractivity contribution in [2.45, 2.75) is 19.9 Å². The maximum atomic E-state index is 11.4. The standard InChI is InChI=1S/C8H11N5O/c1-3-10-8(14)6(2)13-5-11-12-7(13)4-9/h5-6H,3H2,1-2H3,(H,10,14). The Morgan fingerprint density at radius 2 is 2.57 bits per heavy atom. The second kappa shape index (κ2) is 4.37. The molecule has 1 atom stereocenters. The van der Waals surface area contributed by atoms with Crippen molar-refractivity contribution >= 4 is 5.91 Å². The fraction of sp³-hybridized carbons (Fsp3) is 0.500. The summed E-state index contributed by atoms with van der Waals surface area (Å²) in [6.45, 7) is 4.09. The van der Waals surface area contributed by atoms with Crippen LogP contribution in [-0.2, 0) is 4.79 Å². The molecule has 0 saturated heterocycles. The monoisotopic (exact) mass is 193 g/mol. The molecule has 74 valence electrons. The largest absolute Gasteiger partial charge is 0.355 e. The molecule has 0 aliphatic carbocycles. The number of nitrogens with one attached hydrogen (secondary N) is 1. The van der Waals surface area contributed by atoms with Crippen LogP contribution in [0.2, 0.25) is 0 Å². The second-order valence-electron chi connectivity index (χ2n) is 2.74. The zero-order valence-corrected chi connectivity index (χ0v) is 8.06. The normalized spacial score (nSPS) is 11.8. The van der Waals surface area contributed by atoms with Gasteiger partial charge in [0.2, 0.25) is 11.7 Å². The number of amides is 1. The molecule has 1 aromatic heterocycles. The fourth-order valence-corrected chi connectivity index (χ4v) is 1.05. The summed E-state index contributed by atoms with van der Waals surface area (Å²) in [4.78, 5) is 11.4. The molecule has 1 heterocycles. The Kier molecular flexibility index (Phi) is 3.18. The molecule has 0 fully saturated rings. The van der Waals surface area contributed by atoms with Crippen LogP contribution in [0.15, 0.2) is 6.33 Å². The summed E-state index contributed by atoms with van der Waals surface area (Å²) in [5.74, 6) is -0.00690. The smallest absolute Gasteiger partial charge is 0.242 e. The van der Waals surface area contributed by atoms with Crippen LogP contribution < -0.4 is 5.32 Å². The van der Waals surface area contributed by atoms with Gasteiger partial charge in [0.1, 0.15) is 18.4 Å². The summed E-state index contributed by atoms with van der Waals surface area (Å²) in [5, 5.41) is 18.5. The molecule has 1 unspecified atom stereocenters. The number of aromatic nitrogens is 3. The third-order valence-electron chi connectivity index (χ3n) is 1.82. The predicted octanol–water partition coefficient (Wildman–Crippen LogP) is -0.153. The van der Waals surface area contributed by atoms with Crippen LogP contribution in [0.5, 0.6) is 0 Å². The quantitative estimate of drug-likeness (QED) is 0.723. The van der Waals surface area contributed by atoms with Gasteiger partial charge in [0.25, 0.3) is 0 Å². The molecule has 0 bridgehead atoms. The topological polar surface area (TPSA) is 83.6 Å². The molecule has 1 amide bonds. The summed E-state index contributed by atoms with van der Waals surface area (Å²) < 4.78 is 1.44. The Morgan fingerprint density at radius 3 is 3.14 bits per heavy atom. The highest BCUT2D eigenvalue weighted by atomic mass is 16.2. The van der Waals surface area contributed by atoms with Crippen LogP contribution >= 0.6 is 0 Å². The van der Waals surface area contributed by atoms with E-state index >= 15 is 0 Å². The molecule has 6 nitrogen and oxygen atoms in total. The van der Waals surface area contributed by atoms with Crippen LogP contribution in [0, 0.1) is 11.3 Å². The average molecular weight is 193 g/mol. The molecule has 0 radical (unpaired) electrons. The second-order valence-corrected chi connectivity index (χ2v) is 2.74. The number of carbonyl (C=O) groups excluding carboxylic acids is 1.